The van der Waals surface area contributed by atoms with Gasteiger partial charge in [-0.1, -0.05) is 48.5 Å². The number of nitrogens with one attached hydrogen (secondary N) is 1. The number of halogens is 3. The van der Waals surface area contributed by atoms with Crippen LogP contribution in [-0.2, 0) is 9.53 Å². The zero-order valence-corrected chi connectivity index (χ0v) is 19.0. The predicted octanol–water partition coefficient (Wildman–Crippen LogP) is 5.44. The molecule has 168 valence electrons. The maximum Gasteiger partial charge on any atom is 0.387 e. The first-order valence-electron chi connectivity index (χ1n) is 10.2. The molecule has 0 spiro atoms. The van der Waals surface area contributed by atoms with Crippen LogP contribution in [-0.4, -0.2) is 34.0 Å². The van der Waals surface area contributed by atoms with Crippen LogP contribution in [0.1, 0.15) is 57.6 Å². The van der Waals surface area contributed by atoms with Crippen molar-refractivity contribution in [1.82, 2.24) is 14.8 Å². The van der Waals surface area contributed by atoms with Crippen LogP contribution in [0.4, 0.5) is 14.7 Å². The highest BCUT2D eigenvalue weighted by Crippen LogP contribution is 2.40. The van der Waals surface area contributed by atoms with Crippen LogP contribution in [0.5, 0.6) is 5.75 Å². The van der Waals surface area contributed by atoms with Crippen LogP contribution in [0, 0.1) is 0 Å². The van der Waals surface area contributed by atoms with Crippen LogP contribution in [0.25, 0.3) is 0 Å². The Morgan fingerprint density at radius 2 is 2.06 bits per heavy atom. The number of aromatic nitrogens is 3. The van der Waals surface area contributed by atoms with E-state index in [4.69, 9.17) is 9.47 Å². The number of carbonyl (C=O) groups excluding carboxylic acids is 1. The van der Waals surface area contributed by atoms with E-state index in [0.717, 1.165) is 32.1 Å². The summed E-state index contributed by atoms with van der Waals surface area (Å²) in [6.07, 6.45) is 6.45. The van der Waals surface area contributed by atoms with E-state index in [-0.39, 0.29) is 17.9 Å². The molecule has 0 bridgehead atoms. The van der Waals surface area contributed by atoms with Gasteiger partial charge in [-0.25, -0.2) is 9.48 Å². The molecule has 1 atom stereocenters. The van der Waals surface area contributed by atoms with Gasteiger partial charge in [-0.2, -0.15) is 18.9 Å². The monoisotopic (exact) mass is 498 g/mol. The van der Waals surface area contributed by atoms with Gasteiger partial charge in [-0.3, -0.25) is 0 Å². The fourth-order valence-electron chi connectivity index (χ4n) is 3.53. The first kappa shape index (κ1) is 23.2. The van der Waals surface area contributed by atoms with E-state index in [1.165, 1.54) is 17.1 Å². The molecular weight excluding hydrogens is 474 g/mol. The zero-order chi connectivity index (χ0) is 22.4. The maximum absolute atomic E-state index is 13.0. The minimum Gasteiger partial charge on any atom is -0.462 e. The van der Waals surface area contributed by atoms with Crippen molar-refractivity contribution in [3.63, 3.8) is 0 Å². The van der Waals surface area contributed by atoms with Crippen molar-refractivity contribution in [3.8, 4) is 5.75 Å². The van der Waals surface area contributed by atoms with Gasteiger partial charge >= 0.3 is 12.6 Å². The molecule has 1 aromatic heterocycles. The summed E-state index contributed by atoms with van der Waals surface area (Å²) in [6, 6.07) is 3.81. The molecule has 1 aliphatic heterocycles. The molecule has 2 heterocycles. The molecule has 1 aliphatic rings. The fraction of sp³-hybridized carbons (Fsp3) is 0.476. The number of fused-ring (bicyclic) bond motifs is 1. The third-order valence-electron chi connectivity index (χ3n) is 4.98. The molecule has 0 saturated heterocycles. The van der Waals surface area contributed by atoms with Gasteiger partial charge in [-0.15, -0.1) is 0 Å². The fourth-order valence-corrected chi connectivity index (χ4v) is 3.91. The lowest BCUT2D eigenvalue weighted by Crippen LogP contribution is -2.30. The summed E-state index contributed by atoms with van der Waals surface area (Å²) in [5.41, 5.74) is 1.13. The molecular formula is C21H25BrF2N4O3. The van der Waals surface area contributed by atoms with Crippen molar-refractivity contribution >= 4 is 27.8 Å². The Bertz CT molecular complexity index is 948. The van der Waals surface area contributed by atoms with Gasteiger partial charge in [0.25, 0.3) is 0 Å². The third kappa shape index (κ3) is 5.61. The van der Waals surface area contributed by atoms with E-state index >= 15 is 0 Å². The predicted molar refractivity (Wildman–Crippen MR) is 115 cm³/mol. The third-order valence-corrected chi connectivity index (χ3v) is 5.47. The first-order valence-corrected chi connectivity index (χ1v) is 11.0. The molecule has 0 amide bonds. The number of esters is 1. The average molecular weight is 499 g/mol. The van der Waals surface area contributed by atoms with Crippen molar-refractivity contribution < 1.29 is 23.0 Å². The average Bonchev–Trinajstić information content (AvgIpc) is 3.18. The molecule has 1 aromatic carbocycles. The van der Waals surface area contributed by atoms with Crippen molar-refractivity contribution in [2.75, 3.05) is 11.9 Å². The Morgan fingerprint density at radius 3 is 2.81 bits per heavy atom. The van der Waals surface area contributed by atoms with Crippen molar-refractivity contribution in [3.05, 3.63) is 45.8 Å². The van der Waals surface area contributed by atoms with E-state index in [0.29, 0.717) is 21.7 Å². The molecule has 0 saturated carbocycles. The van der Waals surface area contributed by atoms with Gasteiger partial charge in [0.05, 0.1) is 12.2 Å². The molecule has 0 radical (unpaired) electrons. The molecule has 10 heteroatoms. The smallest absolute Gasteiger partial charge is 0.387 e. The number of benzene rings is 1. The van der Waals surface area contributed by atoms with Gasteiger partial charge in [0, 0.05) is 15.7 Å². The number of allylic oxidation sites excluding steroid dienone is 1. The van der Waals surface area contributed by atoms with E-state index < -0.39 is 18.6 Å². The summed E-state index contributed by atoms with van der Waals surface area (Å²) in [5, 5.41) is 7.24. The number of alkyl halides is 2. The number of hydrogen-bond acceptors (Lipinski definition) is 6. The summed E-state index contributed by atoms with van der Waals surface area (Å²) in [5.74, 6) is -0.194. The summed E-state index contributed by atoms with van der Waals surface area (Å²) >= 11 is 3.37. The number of anilines is 1. The minimum atomic E-state index is -3.01. The van der Waals surface area contributed by atoms with Crippen molar-refractivity contribution in [2.24, 2.45) is 0 Å². The molecule has 3 rings (SSSR count). The number of ether oxygens (including phenoxy) is 2. The number of unbranched alkanes of at least 4 members (excludes halogenated alkanes) is 4. The number of nitrogens with zero attached hydrogens (tertiary/aromatic N) is 3. The second-order valence-electron chi connectivity index (χ2n) is 7.21. The molecule has 0 fully saturated rings. The van der Waals surface area contributed by atoms with Gasteiger partial charge in [-0.05, 0) is 31.5 Å². The maximum atomic E-state index is 13.0. The van der Waals surface area contributed by atoms with Crippen LogP contribution in [0.2, 0.25) is 0 Å². The number of rotatable bonds is 10. The Balaban J connectivity index is 1.91. The largest absolute Gasteiger partial charge is 0.462 e. The molecule has 0 aliphatic carbocycles. The highest BCUT2D eigenvalue weighted by molar-refractivity contribution is 9.10. The normalized spacial score (nSPS) is 15.6. The second kappa shape index (κ2) is 10.7. The van der Waals surface area contributed by atoms with E-state index in [1.807, 2.05) is 0 Å². The lowest BCUT2D eigenvalue weighted by Gasteiger charge is -2.29. The summed E-state index contributed by atoms with van der Waals surface area (Å²) < 4.78 is 38.5. The van der Waals surface area contributed by atoms with Crippen LogP contribution in [0.15, 0.2) is 40.3 Å². The topological polar surface area (TPSA) is 78.3 Å². The Kier molecular flexibility index (Phi) is 8.00. The molecule has 2 aromatic rings. The zero-order valence-electron chi connectivity index (χ0n) is 17.4. The highest BCUT2D eigenvalue weighted by Gasteiger charge is 2.36. The minimum absolute atomic E-state index is 0.0517. The van der Waals surface area contributed by atoms with Crippen molar-refractivity contribution in [1.29, 1.82) is 0 Å². The van der Waals surface area contributed by atoms with E-state index in [9.17, 15) is 13.6 Å². The van der Waals surface area contributed by atoms with Crippen molar-refractivity contribution in [2.45, 2.75) is 58.6 Å². The molecule has 1 N–H and O–H groups in total. The Hall–Kier alpha value is -2.49. The van der Waals surface area contributed by atoms with Gasteiger partial charge < -0.3 is 14.8 Å². The number of carbonyl (C=O) groups is 1. The van der Waals surface area contributed by atoms with Gasteiger partial charge in [0.15, 0.2) is 0 Å². The van der Waals surface area contributed by atoms with Crippen LogP contribution < -0.4 is 10.1 Å². The van der Waals surface area contributed by atoms with E-state index in [1.54, 1.807) is 19.1 Å². The molecule has 1 unspecified atom stereocenters. The summed E-state index contributed by atoms with van der Waals surface area (Å²) in [4.78, 5) is 17.2. The second-order valence-corrected chi connectivity index (χ2v) is 8.12. The highest BCUT2D eigenvalue weighted by atomic mass is 79.9. The van der Waals surface area contributed by atoms with Gasteiger partial charge in [0.1, 0.15) is 18.1 Å². The Morgan fingerprint density at radius 1 is 1.29 bits per heavy atom. The quantitative estimate of drug-likeness (QED) is 0.346. The Labute approximate surface area is 188 Å². The number of hydrogen-bond donors (Lipinski definition) is 1. The van der Waals surface area contributed by atoms with Crippen LogP contribution in [0.3, 0.4) is 0 Å². The lowest BCUT2D eigenvalue weighted by molar-refractivity contribution is -0.139. The van der Waals surface area contributed by atoms with Crippen LogP contribution >= 0.6 is 15.9 Å². The van der Waals surface area contributed by atoms with E-state index in [2.05, 4.69) is 38.3 Å². The standard InChI is InChI=1S/C21H25BrF2N4O3/c1-3-4-5-6-7-10-30-19(29)17-13(2)27-21-25-12-26-28(21)18(17)15-11-14(22)8-9-16(15)31-20(23)24/h8-9,11-12,18,20H,3-7,10H2,1-2H3,(H,25,26,27). The molecule has 31 heavy (non-hydrogen) atoms. The molecule has 7 nitrogen and oxygen atoms in total. The lowest BCUT2D eigenvalue weighted by atomic mass is 9.95. The first-order chi connectivity index (χ1) is 14.9. The SMILES string of the molecule is CCCCCCCOC(=O)C1=C(C)Nc2ncnn2C1c1cc(Br)ccc1OC(F)F. The van der Waals surface area contributed by atoms with Gasteiger partial charge in [0.2, 0.25) is 5.95 Å². The summed E-state index contributed by atoms with van der Waals surface area (Å²) in [7, 11) is 0. The summed E-state index contributed by atoms with van der Waals surface area (Å²) in [6.45, 7) is 1.13.